The summed E-state index contributed by atoms with van der Waals surface area (Å²) in [6.45, 7) is 2.24. The molecule has 0 aliphatic heterocycles. The number of aromatic nitrogens is 1. The number of carboxylic acid groups (broad SMARTS) is 1. The number of ketones is 1. The molecule has 0 atom stereocenters. The summed E-state index contributed by atoms with van der Waals surface area (Å²) in [4.78, 5) is 23.8. The van der Waals surface area contributed by atoms with E-state index in [1.54, 1.807) is 11.5 Å². The van der Waals surface area contributed by atoms with Crippen molar-refractivity contribution in [2.75, 3.05) is 9.87 Å². The number of carboxylic acids is 1. The highest BCUT2D eigenvalue weighted by atomic mass is 127. The van der Waals surface area contributed by atoms with Crippen LogP contribution in [0.3, 0.4) is 0 Å². The van der Waals surface area contributed by atoms with Crippen LogP contribution in [0.4, 0.5) is 5.69 Å². The van der Waals surface area contributed by atoms with E-state index in [4.69, 9.17) is 0 Å². The van der Waals surface area contributed by atoms with E-state index in [2.05, 4.69) is 27.9 Å². The van der Waals surface area contributed by atoms with Gasteiger partial charge < -0.3 is 15.0 Å². The highest BCUT2D eigenvalue weighted by Crippen LogP contribution is 2.26. The van der Waals surface area contributed by atoms with Gasteiger partial charge in [0, 0.05) is 19.2 Å². The van der Waals surface area contributed by atoms with Gasteiger partial charge in [0.15, 0.2) is 5.78 Å². The zero-order chi connectivity index (χ0) is 16.1. The molecule has 0 radical (unpaired) electrons. The number of hydrogen-bond donors (Lipinski definition) is 2. The lowest BCUT2D eigenvalue weighted by atomic mass is 10.1. The molecule has 0 fully saturated rings. The number of anilines is 1. The van der Waals surface area contributed by atoms with E-state index in [9.17, 15) is 14.7 Å². The molecule has 1 aromatic heterocycles. The molecule has 116 valence electrons. The first-order valence-electron chi connectivity index (χ1n) is 6.91. The first kappa shape index (κ1) is 16.5. The number of hydrogen-bond acceptors (Lipinski definition) is 3. The van der Waals surface area contributed by atoms with Crippen molar-refractivity contribution in [3.63, 3.8) is 0 Å². The minimum Gasteiger partial charge on any atom is -0.478 e. The lowest BCUT2D eigenvalue weighted by Crippen LogP contribution is -2.11. The average Bonchev–Trinajstić information content (AvgIpc) is 2.86. The fourth-order valence-electron chi connectivity index (χ4n) is 2.34. The quantitative estimate of drug-likeness (QED) is 0.315. The summed E-state index contributed by atoms with van der Waals surface area (Å²) >= 11 is 2.09. The lowest BCUT2D eigenvalue weighted by molar-refractivity contribution is 0.0697. The Kier molecular flexibility index (Phi) is 5.59. The molecule has 0 unspecified atom stereocenters. The first-order valence-corrected chi connectivity index (χ1v) is 8.44. The van der Waals surface area contributed by atoms with E-state index in [0.29, 0.717) is 28.9 Å². The molecule has 0 spiro atoms. The molecule has 0 aliphatic rings. The fraction of sp³-hybridized carbons (Fsp3) is 0.250. The van der Waals surface area contributed by atoms with Crippen molar-refractivity contribution in [2.24, 2.45) is 0 Å². The number of nitrogens with zero attached hydrogens (tertiary/aromatic N) is 1. The Hall–Kier alpha value is -1.83. The number of rotatable bonds is 7. The molecule has 2 N–H and O–H groups in total. The van der Waals surface area contributed by atoms with Gasteiger partial charge in [0.25, 0.3) is 0 Å². The number of benzene rings is 1. The van der Waals surface area contributed by atoms with Gasteiger partial charge in [-0.25, -0.2) is 4.79 Å². The van der Waals surface area contributed by atoms with E-state index in [-0.39, 0.29) is 11.3 Å². The largest absolute Gasteiger partial charge is 0.478 e. The van der Waals surface area contributed by atoms with Gasteiger partial charge >= 0.3 is 5.97 Å². The molecular formula is C16H17IN2O3. The molecule has 0 saturated carbocycles. The summed E-state index contributed by atoms with van der Waals surface area (Å²) < 4.78 is 2.25. The molecule has 2 aromatic rings. The highest BCUT2D eigenvalue weighted by Gasteiger charge is 2.24. The third-order valence-electron chi connectivity index (χ3n) is 3.33. The van der Waals surface area contributed by atoms with Crippen LogP contribution in [-0.4, -0.2) is 26.0 Å². The standard InChI is InChI=1S/C16H17IN2O3/c1-2-13(20)15-14(18-10-17)12(16(21)22)9-19(15)8-11-6-4-3-5-7-11/h3-7,9,18H,2,8,10H2,1H3,(H,21,22). The molecule has 2 rings (SSSR count). The van der Waals surface area contributed by atoms with Crippen LogP contribution in [0.25, 0.3) is 0 Å². The van der Waals surface area contributed by atoms with Crippen molar-refractivity contribution in [1.82, 2.24) is 4.57 Å². The van der Waals surface area contributed by atoms with Crippen LogP contribution in [0, 0.1) is 0 Å². The number of nitrogens with one attached hydrogen (secondary N) is 1. The third-order valence-corrected chi connectivity index (χ3v) is 3.71. The van der Waals surface area contributed by atoms with Crippen LogP contribution in [0.2, 0.25) is 0 Å². The Bertz CT molecular complexity index is 680. The number of halogens is 1. The van der Waals surface area contributed by atoms with Crippen LogP contribution < -0.4 is 5.32 Å². The van der Waals surface area contributed by atoms with Crippen molar-refractivity contribution in [1.29, 1.82) is 0 Å². The van der Waals surface area contributed by atoms with Gasteiger partial charge in [-0.3, -0.25) is 4.79 Å². The second-order valence-electron chi connectivity index (χ2n) is 4.77. The number of Topliss-reactive ketones (excluding diaryl/α,β-unsaturated/α-hetero) is 1. The maximum Gasteiger partial charge on any atom is 0.339 e. The smallest absolute Gasteiger partial charge is 0.339 e. The Balaban J connectivity index is 2.53. The minimum atomic E-state index is -1.04. The fourth-order valence-corrected chi connectivity index (χ4v) is 2.72. The highest BCUT2D eigenvalue weighted by molar-refractivity contribution is 14.1. The molecule has 1 heterocycles. The predicted molar refractivity (Wildman–Crippen MR) is 94.1 cm³/mol. The number of carbonyl (C=O) groups is 2. The van der Waals surface area contributed by atoms with Crippen LogP contribution in [0.5, 0.6) is 0 Å². The SMILES string of the molecule is CCC(=O)c1c(NCI)c(C(=O)O)cn1Cc1ccccc1. The van der Waals surface area contributed by atoms with E-state index >= 15 is 0 Å². The molecule has 1 aromatic carbocycles. The number of alkyl halides is 1. The van der Waals surface area contributed by atoms with Crippen molar-refractivity contribution in [3.05, 3.63) is 53.3 Å². The minimum absolute atomic E-state index is 0.0734. The Labute approximate surface area is 142 Å². The normalized spacial score (nSPS) is 10.5. The van der Waals surface area contributed by atoms with E-state index in [1.807, 2.05) is 30.3 Å². The first-order chi connectivity index (χ1) is 10.6. The lowest BCUT2D eigenvalue weighted by Gasteiger charge is -2.10. The van der Waals surface area contributed by atoms with Crippen LogP contribution in [0.1, 0.15) is 39.8 Å². The van der Waals surface area contributed by atoms with Gasteiger partial charge in [0.05, 0.1) is 10.2 Å². The van der Waals surface area contributed by atoms with E-state index in [1.165, 1.54) is 6.20 Å². The second-order valence-corrected chi connectivity index (χ2v) is 5.53. The predicted octanol–water partition coefficient (Wildman–Crippen LogP) is 3.63. The van der Waals surface area contributed by atoms with Gasteiger partial charge in [0.2, 0.25) is 0 Å². The average molecular weight is 412 g/mol. The molecule has 0 aliphatic carbocycles. The Morgan fingerprint density at radius 1 is 1.27 bits per heavy atom. The van der Waals surface area contributed by atoms with Crippen LogP contribution in [-0.2, 0) is 6.54 Å². The molecule has 22 heavy (non-hydrogen) atoms. The molecular weight excluding hydrogens is 395 g/mol. The van der Waals surface area contributed by atoms with Gasteiger partial charge in [-0.2, -0.15) is 0 Å². The molecule has 0 amide bonds. The maximum atomic E-state index is 12.3. The zero-order valence-electron chi connectivity index (χ0n) is 12.2. The Morgan fingerprint density at radius 2 is 1.95 bits per heavy atom. The monoisotopic (exact) mass is 412 g/mol. The van der Waals surface area contributed by atoms with Crippen LogP contribution in [0.15, 0.2) is 36.5 Å². The van der Waals surface area contributed by atoms with Gasteiger partial charge in [-0.15, -0.1) is 0 Å². The summed E-state index contributed by atoms with van der Waals surface area (Å²) in [5, 5.41) is 12.4. The maximum absolute atomic E-state index is 12.3. The van der Waals surface area contributed by atoms with Gasteiger partial charge in [0.1, 0.15) is 11.3 Å². The molecule has 0 bridgehead atoms. The molecule has 0 saturated heterocycles. The van der Waals surface area contributed by atoms with Crippen molar-refractivity contribution in [2.45, 2.75) is 19.9 Å². The van der Waals surface area contributed by atoms with Crippen molar-refractivity contribution >= 4 is 40.0 Å². The summed E-state index contributed by atoms with van der Waals surface area (Å²) in [7, 11) is 0. The topological polar surface area (TPSA) is 71.3 Å². The second kappa shape index (κ2) is 7.44. The van der Waals surface area contributed by atoms with Crippen molar-refractivity contribution < 1.29 is 14.7 Å². The van der Waals surface area contributed by atoms with Gasteiger partial charge in [-0.05, 0) is 5.56 Å². The summed E-state index contributed by atoms with van der Waals surface area (Å²) in [6.07, 6.45) is 1.86. The van der Waals surface area contributed by atoms with Crippen molar-refractivity contribution in [3.8, 4) is 0 Å². The van der Waals surface area contributed by atoms with E-state index in [0.717, 1.165) is 5.56 Å². The summed E-state index contributed by atoms with van der Waals surface area (Å²) in [5.74, 6) is -1.11. The Morgan fingerprint density at radius 3 is 2.50 bits per heavy atom. The number of carbonyl (C=O) groups excluding carboxylic acids is 1. The van der Waals surface area contributed by atoms with Gasteiger partial charge in [-0.1, -0.05) is 59.8 Å². The van der Waals surface area contributed by atoms with Crippen LogP contribution >= 0.6 is 22.6 Å². The van der Waals surface area contributed by atoms with E-state index < -0.39 is 5.97 Å². The third kappa shape index (κ3) is 3.49. The summed E-state index contributed by atoms with van der Waals surface area (Å²) in [5.41, 5.74) is 1.98. The number of aromatic carboxylic acids is 1. The molecule has 5 nitrogen and oxygen atoms in total. The zero-order valence-corrected chi connectivity index (χ0v) is 14.3. The molecule has 6 heteroatoms. The summed E-state index contributed by atoms with van der Waals surface area (Å²) in [6, 6.07) is 9.66.